The number of hydrogen-bond donors (Lipinski definition) is 1. The fourth-order valence-corrected chi connectivity index (χ4v) is 3.29. The van der Waals surface area contributed by atoms with Crippen LogP contribution in [-0.4, -0.2) is 20.6 Å². The Morgan fingerprint density at radius 2 is 1.62 bits per heavy atom. The summed E-state index contributed by atoms with van der Waals surface area (Å²) in [5.41, 5.74) is 3.06. The Morgan fingerprint density at radius 3 is 2.28 bits per heavy atom. The molecule has 0 aliphatic rings. The van der Waals surface area contributed by atoms with E-state index in [4.69, 9.17) is 4.74 Å². The second kappa shape index (κ2) is 8.70. The molecule has 1 N–H and O–H groups in total. The molecule has 0 bridgehead atoms. The van der Waals surface area contributed by atoms with Gasteiger partial charge in [-0.3, -0.25) is 0 Å². The van der Waals surface area contributed by atoms with E-state index >= 15 is 0 Å². The molecule has 3 aromatic carbocycles. The van der Waals surface area contributed by atoms with E-state index in [1.54, 1.807) is 54.6 Å². The maximum atomic E-state index is 12.2. The number of hydrogen-bond acceptors (Lipinski definition) is 5. The van der Waals surface area contributed by atoms with Gasteiger partial charge >= 0.3 is 5.97 Å². The highest BCUT2D eigenvalue weighted by molar-refractivity contribution is 7.89. The Morgan fingerprint density at radius 1 is 0.931 bits per heavy atom. The Labute approximate surface area is 169 Å². The molecule has 0 aliphatic carbocycles. The van der Waals surface area contributed by atoms with Gasteiger partial charge in [0.05, 0.1) is 16.7 Å². The highest BCUT2D eigenvalue weighted by Gasteiger charge is 2.12. The standard InChI is InChI=1S/C22H20N2O4S/c1-16-6-12-21(13-7-16)29(26,27)24-23-15-18-8-10-20(11-9-18)28-22(25)19-5-3-4-17(2)14-19/h3-15,24H,1-2H3/b23-15-. The van der Waals surface area contributed by atoms with Crippen LogP contribution in [0.2, 0.25) is 0 Å². The summed E-state index contributed by atoms with van der Waals surface area (Å²) in [6, 6.07) is 20.2. The summed E-state index contributed by atoms with van der Waals surface area (Å²) in [6.45, 7) is 3.78. The number of ether oxygens (including phenoxy) is 1. The molecule has 0 atom stereocenters. The van der Waals surface area contributed by atoms with E-state index in [9.17, 15) is 13.2 Å². The molecule has 0 heterocycles. The molecule has 6 nitrogen and oxygen atoms in total. The second-order valence-corrected chi connectivity index (χ2v) is 8.15. The molecule has 0 saturated carbocycles. The molecule has 3 aromatic rings. The summed E-state index contributed by atoms with van der Waals surface area (Å²) in [5, 5.41) is 3.79. The van der Waals surface area contributed by atoms with Crippen molar-refractivity contribution in [1.82, 2.24) is 4.83 Å². The normalized spacial score (nSPS) is 11.4. The summed E-state index contributed by atoms with van der Waals surface area (Å²) >= 11 is 0. The van der Waals surface area contributed by atoms with Crippen molar-refractivity contribution in [2.24, 2.45) is 5.10 Å². The van der Waals surface area contributed by atoms with Crippen molar-refractivity contribution in [2.45, 2.75) is 18.7 Å². The quantitative estimate of drug-likeness (QED) is 0.291. The minimum atomic E-state index is -3.72. The lowest BCUT2D eigenvalue weighted by Gasteiger charge is -2.05. The van der Waals surface area contributed by atoms with Gasteiger partial charge in [-0.2, -0.15) is 13.5 Å². The molecule has 3 rings (SSSR count). The minimum Gasteiger partial charge on any atom is -0.423 e. The average Bonchev–Trinajstić information content (AvgIpc) is 2.69. The third kappa shape index (κ3) is 5.52. The van der Waals surface area contributed by atoms with Crippen molar-refractivity contribution in [3.8, 4) is 5.75 Å². The van der Waals surface area contributed by atoms with Crippen LogP contribution in [0.15, 0.2) is 82.8 Å². The number of hydrazone groups is 1. The van der Waals surface area contributed by atoms with Gasteiger partial charge in [0.15, 0.2) is 0 Å². The first-order valence-electron chi connectivity index (χ1n) is 8.84. The highest BCUT2D eigenvalue weighted by Crippen LogP contribution is 2.15. The van der Waals surface area contributed by atoms with Crippen molar-refractivity contribution in [3.05, 3.63) is 95.1 Å². The first-order chi connectivity index (χ1) is 13.8. The molecule has 7 heteroatoms. The monoisotopic (exact) mass is 408 g/mol. The third-order valence-electron chi connectivity index (χ3n) is 4.06. The number of nitrogens with one attached hydrogen (secondary N) is 1. The first-order valence-corrected chi connectivity index (χ1v) is 10.3. The molecule has 148 valence electrons. The fourth-order valence-electron chi connectivity index (χ4n) is 2.50. The van der Waals surface area contributed by atoms with E-state index in [2.05, 4.69) is 9.93 Å². The van der Waals surface area contributed by atoms with Gasteiger partial charge in [-0.05, 0) is 67.9 Å². The molecule has 0 radical (unpaired) electrons. The number of carbonyl (C=O) groups is 1. The van der Waals surface area contributed by atoms with Crippen LogP contribution >= 0.6 is 0 Å². The fraction of sp³-hybridized carbons (Fsp3) is 0.0909. The first kappa shape index (κ1) is 20.3. The van der Waals surface area contributed by atoms with E-state index in [0.717, 1.165) is 11.1 Å². The molecule has 0 saturated heterocycles. The summed E-state index contributed by atoms with van der Waals surface area (Å²) < 4.78 is 29.7. The van der Waals surface area contributed by atoms with Crippen LogP contribution in [-0.2, 0) is 10.0 Å². The zero-order valence-corrected chi connectivity index (χ0v) is 16.8. The number of rotatable bonds is 6. The van der Waals surface area contributed by atoms with Gasteiger partial charge in [0.1, 0.15) is 5.75 Å². The SMILES string of the molecule is Cc1ccc(S(=O)(=O)N/N=C\c2ccc(OC(=O)c3cccc(C)c3)cc2)cc1. The maximum Gasteiger partial charge on any atom is 0.343 e. The largest absolute Gasteiger partial charge is 0.423 e. The predicted molar refractivity (Wildman–Crippen MR) is 112 cm³/mol. The lowest BCUT2D eigenvalue weighted by atomic mass is 10.1. The van der Waals surface area contributed by atoms with Crippen molar-refractivity contribution < 1.29 is 17.9 Å². The summed E-state index contributed by atoms with van der Waals surface area (Å²) in [7, 11) is -3.72. The predicted octanol–water partition coefficient (Wildman–Crippen LogP) is 3.84. The lowest BCUT2D eigenvalue weighted by Crippen LogP contribution is -2.18. The van der Waals surface area contributed by atoms with E-state index in [1.807, 2.05) is 19.9 Å². The van der Waals surface area contributed by atoms with Crippen LogP contribution in [0, 0.1) is 13.8 Å². The molecule has 0 aliphatic heterocycles. The van der Waals surface area contributed by atoms with Crippen molar-refractivity contribution in [3.63, 3.8) is 0 Å². The molecule has 29 heavy (non-hydrogen) atoms. The molecule has 0 aromatic heterocycles. The van der Waals surface area contributed by atoms with Crippen LogP contribution in [0.25, 0.3) is 0 Å². The molecule has 0 spiro atoms. The van der Waals surface area contributed by atoms with Gasteiger partial charge in [0.25, 0.3) is 10.0 Å². The van der Waals surface area contributed by atoms with Crippen LogP contribution in [0.1, 0.15) is 27.0 Å². The van der Waals surface area contributed by atoms with Gasteiger partial charge in [0.2, 0.25) is 0 Å². The van der Waals surface area contributed by atoms with Gasteiger partial charge in [-0.25, -0.2) is 9.63 Å². The molecule has 0 amide bonds. The zero-order valence-electron chi connectivity index (χ0n) is 16.0. The lowest BCUT2D eigenvalue weighted by molar-refractivity contribution is 0.0734. The van der Waals surface area contributed by atoms with Gasteiger partial charge in [-0.1, -0.05) is 35.4 Å². The van der Waals surface area contributed by atoms with Gasteiger partial charge in [-0.15, -0.1) is 0 Å². The number of aryl methyl sites for hydroxylation is 2. The van der Waals surface area contributed by atoms with Crippen LogP contribution in [0.4, 0.5) is 0 Å². The number of nitrogens with zero attached hydrogens (tertiary/aromatic N) is 1. The Kier molecular flexibility index (Phi) is 6.09. The van der Waals surface area contributed by atoms with E-state index in [1.165, 1.54) is 18.3 Å². The highest BCUT2D eigenvalue weighted by atomic mass is 32.2. The van der Waals surface area contributed by atoms with Crippen LogP contribution in [0.3, 0.4) is 0 Å². The van der Waals surface area contributed by atoms with Crippen molar-refractivity contribution in [2.75, 3.05) is 0 Å². The van der Waals surface area contributed by atoms with Crippen molar-refractivity contribution >= 4 is 22.2 Å². The second-order valence-electron chi connectivity index (χ2n) is 6.49. The summed E-state index contributed by atoms with van der Waals surface area (Å²) in [5.74, 6) is -0.0603. The van der Waals surface area contributed by atoms with E-state index < -0.39 is 16.0 Å². The number of esters is 1. The summed E-state index contributed by atoms with van der Waals surface area (Å²) in [4.78, 5) is 14.5. The van der Waals surface area contributed by atoms with Crippen molar-refractivity contribution in [1.29, 1.82) is 0 Å². The zero-order chi connectivity index (χ0) is 20.9. The van der Waals surface area contributed by atoms with E-state index in [-0.39, 0.29) is 4.90 Å². The van der Waals surface area contributed by atoms with Crippen LogP contribution in [0.5, 0.6) is 5.75 Å². The number of sulfonamides is 1. The maximum absolute atomic E-state index is 12.2. The topological polar surface area (TPSA) is 84.8 Å². The van der Waals surface area contributed by atoms with Gasteiger partial charge < -0.3 is 4.74 Å². The Bertz CT molecular complexity index is 1140. The van der Waals surface area contributed by atoms with E-state index in [0.29, 0.717) is 16.9 Å². The molecule has 0 unspecified atom stereocenters. The molecular formula is C22H20N2O4S. The number of benzene rings is 3. The van der Waals surface area contributed by atoms with Gasteiger partial charge in [0, 0.05) is 0 Å². The Balaban J connectivity index is 1.61. The summed E-state index contributed by atoms with van der Waals surface area (Å²) in [6.07, 6.45) is 1.37. The minimum absolute atomic E-state index is 0.138. The number of carbonyl (C=O) groups excluding carboxylic acids is 1. The molecule has 0 fully saturated rings. The molecular weight excluding hydrogens is 388 g/mol. The Hall–Kier alpha value is -3.45. The smallest absolute Gasteiger partial charge is 0.343 e. The average molecular weight is 408 g/mol. The third-order valence-corrected chi connectivity index (χ3v) is 5.30. The van der Waals surface area contributed by atoms with Crippen LogP contribution < -0.4 is 9.57 Å².